The van der Waals surface area contributed by atoms with Crippen molar-refractivity contribution in [1.29, 1.82) is 0 Å². The van der Waals surface area contributed by atoms with Crippen LogP contribution in [0.3, 0.4) is 0 Å². The summed E-state index contributed by atoms with van der Waals surface area (Å²) in [5.41, 5.74) is 2.94. The third kappa shape index (κ3) is 2.63. The van der Waals surface area contributed by atoms with Crippen molar-refractivity contribution < 1.29 is 9.84 Å². The normalized spacial score (nSPS) is 12.7. The van der Waals surface area contributed by atoms with Gasteiger partial charge >= 0.3 is 0 Å². The second-order valence-electron chi connectivity index (χ2n) is 6.98. The molecule has 18 heavy (non-hydrogen) atoms. The largest absolute Gasteiger partial charge is 0.508 e. The number of hydrogen-bond donors (Lipinski definition) is 1. The molecule has 0 aromatic heterocycles. The molecule has 0 amide bonds. The van der Waals surface area contributed by atoms with Crippen molar-refractivity contribution in [1.82, 2.24) is 0 Å². The predicted octanol–water partition coefficient (Wildman–Crippen LogP) is 4.30. The molecule has 0 spiro atoms. The zero-order chi connectivity index (χ0) is 14.3. The van der Waals surface area contributed by atoms with E-state index < -0.39 is 0 Å². The molecular formula is C16H26O2. The monoisotopic (exact) mass is 250 g/mol. The van der Waals surface area contributed by atoms with Gasteiger partial charge in [-0.15, -0.1) is 0 Å². The number of rotatable bonds is 1. The highest BCUT2D eigenvalue weighted by molar-refractivity contribution is 5.57. The van der Waals surface area contributed by atoms with Gasteiger partial charge in [-0.1, -0.05) is 41.5 Å². The van der Waals surface area contributed by atoms with Gasteiger partial charge in [-0.2, -0.15) is 0 Å². The van der Waals surface area contributed by atoms with Crippen LogP contribution in [0.25, 0.3) is 0 Å². The first kappa shape index (κ1) is 14.9. The minimum Gasteiger partial charge on any atom is -0.508 e. The Bertz CT molecular complexity index is 446. The van der Waals surface area contributed by atoms with Crippen molar-refractivity contribution in [2.24, 2.45) is 0 Å². The standard InChI is InChI=1S/C16H26O2/c1-10-12(17)9-11(15(2,3)4)14(18-8)13(10)16(5,6)7/h9,17H,1-8H3. The lowest BCUT2D eigenvalue weighted by atomic mass is 9.77. The number of phenolic OH excluding ortho intramolecular Hbond substituents is 1. The molecule has 1 aromatic rings. The third-order valence-electron chi connectivity index (χ3n) is 3.27. The Morgan fingerprint density at radius 1 is 1.00 bits per heavy atom. The van der Waals surface area contributed by atoms with Crippen LogP contribution in [-0.4, -0.2) is 12.2 Å². The van der Waals surface area contributed by atoms with E-state index in [0.717, 1.165) is 22.4 Å². The van der Waals surface area contributed by atoms with E-state index in [4.69, 9.17) is 4.74 Å². The van der Waals surface area contributed by atoms with Crippen LogP contribution in [0.4, 0.5) is 0 Å². The molecule has 0 bridgehead atoms. The van der Waals surface area contributed by atoms with Crippen LogP contribution in [-0.2, 0) is 10.8 Å². The van der Waals surface area contributed by atoms with Gasteiger partial charge in [0.1, 0.15) is 11.5 Å². The van der Waals surface area contributed by atoms with E-state index in [2.05, 4.69) is 41.5 Å². The second-order valence-corrected chi connectivity index (χ2v) is 6.98. The summed E-state index contributed by atoms with van der Waals surface area (Å²) in [5.74, 6) is 1.26. The van der Waals surface area contributed by atoms with Gasteiger partial charge in [-0.25, -0.2) is 0 Å². The molecule has 1 aromatic carbocycles. The zero-order valence-corrected chi connectivity index (χ0v) is 12.9. The zero-order valence-electron chi connectivity index (χ0n) is 12.9. The van der Waals surface area contributed by atoms with E-state index in [1.807, 2.05) is 13.0 Å². The van der Waals surface area contributed by atoms with Crippen LogP contribution in [0, 0.1) is 6.92 Å². The molecule has 2 heteroatoms. The minimum absolute atomic E-state index is 0.0590. The van der Waals surface area contributed by atoms with Crippen LogP contribution in [0.15, 0.2) is 6.07 Å². The summed E-state index contributed by atoms with van der Waals surface area (Å²) in [5, 5.41) is 10.2. The summed E-state index contributed by atoms with van der Waals surface area (Å²) >= 11 is 0. The fraction of sp³-hybridized carbons (Fsp3) is 0.625. The molecular weight excluding hydrogens is 224 g/mol. The Morgan fingerprint density at radius 3 is 1.83 bits per heavy atom. The van der Waals surface area contributed by atoms with Crippen molar-refractivity contribution in [3.8, 4) is 11.5 Å². The van der Waals surface area contributed by atoms with Crippen molar-refractivity contribution in [2.45, 2.75) is 59.3 Å². The van der Waals surface area contributed by atoms with Gasteiger partial charge in [0.25, 0.3) is 0 Å². The van der Waals surface area contributed by atoms with Crippen molar-refractivity contribution in [3.63, 3.8) is 0 Å². The topological polar surface area (TPSA) is 29.5 Å². The third-order valence-corrected chi connectivity index (χ3v) is 3.27. The maximum atomic E-state index is 10.2. The number of benzene rings is 1. The molecule has 0 aliphatic heterocycles. The summed E-state index contributed by atoms with van der Waals surface area (Å²) in [6.45, 7) is 14.8. The molecule has 0 fully saturated rings. The first-order valence-corrected chi connectivity index (χ1v) is 6.41. The van der Waals surface area contributed by atoms with Gasteiger partial charge in [0, 0.05) is 11.1 Å². The molecule has 1 N–H and O–H groups in total. The number of aromatic hydroxyl groups is 1. The van der Waals surface area contributed by atoms with Crippen LogP contribution in [0.5, 0.6) is 11.5 Å². The average molecular weight is 250 g/mol. The lowest BCUT2D eigenvalue weighted by molar-refractivity contribution is 0.375. The van der Waals surface area contributed by atoms with Crippen molar-refractivity contribution in [2.75, 3.05) is 7.11 Å². The Hall–Kier alpha value is -1.18. The summed E-state index contributed by atoms with van der Waals surface area (Å²) in [6.07, 6.45) is 0. The predicted molar refractivity (Wildman–Crippen MR) is 76.8 cm³/mol. The van der Waals surface area contributed by atoms with Gasteiger partial charge in [0.15, 0.2) is 0 Å². The first-order chi connectivity index (χ1) is 8.00. The fourth-order valence-electron chi connectivity index (χ4n) is 2.42. The summed E-state index contributed by atoms with van der Waals surface area (Å²) in [6, 6.07) is 1.84. The van der Waals surface area contributed by atoms with Crippen molar-refractivity contribution >= 4 is 0 Å². The smallest absolute Gasteiger partial charge is 0.126 e. The Morgan fingerprint density at radius 2 is 1.50 bits per heavy atom. The minimum atomic E-state index is -0.0613. The van der Waals surface area contributed by atoms with Gasteiger partial charge in [0.2, 0.25) is 0 Å². The van der Waals surface area contributed by atoms with E-state index in [-0.39, 0.29) is 10.8 Å². The van der Waals surface area contributed by atoms with Crippen LogP contribution in [0.1, 0.15) is 58.2 Å². The molecule has 0 saturated carbocycles. The first-order valence-electron chi connectivity index (χ1n) is 6.41. The summed E-state index contributed by atoms with van der Waals surface area (Å²) in [7, 11) is 1.70. The summed E-state index contributed by atoms with van der Waals surface area (Å²) in [4.78, 5) is 0. The number of hydrogen-bond acceptors (Lipinski definition) is 2. The van der Waals surface area contributed by atoms with Crippen LogP contribution >= 0.6 is 0 Å². The van der Waals surface area contributed by atoms with E-state index in [1.165, 1.54) is 0 Å². The quantitative estimate of drug-likeness (QED) is 0.805. The molecule has 0 atom stereocenters. The highest BCUT2D eigenvalue weighted by Gasteiger charge is 2.29. The average Bonchev–Trinajstić information content (AvgIpc) is 2.17. The molecule has 0 aliphatic rings. The maximum absolute atomic E-state index is 10.2. The molecule has 102 valence electrons. The molecule has 0 saturated heterocycles. The van der Waals surface area contributed by atoms with Gasteiger partial charge in [0.05, 0.1) is 7.11 Å². The molecule has 0 heterocycles. The van der Waals surface area contributed by atoms with E-state index in [0.29, 0.717) is 5.75 Å². The SMILES string of the molecule is COc1c(C(C)(C)C)cc(O)c(C)c1C(C)(C)C. The van der Waals surface area contributed by atoms with Gasteiger partial charge in [-0.3, -0.25) is 0 Å². The number of phenols is 1. The van der Waals surface area contributed by atoms with E-state index in [9.17, 15) is 5.11 Å². The Balaban J connectivity index is 3.74. The number of ether oxygens (including phenoxy) is 1. The molecule has 2 nitrogen and oxygen atoms in total. The molecule has 1 rings (SSSR count). The molecule has 0 aliphatic carbocycles. The van der Waals surface area contributed by atoms with E-state index >= 15 is 0 Å². The van der Waals surface area contributed by atoms with Gasteiger partial charge in [-0.05, 0) is 29.4 Å². The lowest BCUT2D eigenvalue weighted by Crippen LogP contribution is -2.20. The van der Waals surface area contributed by atoms with E-state index in [1.54, 1.807) is 7.11 Å². The van der Waals surface area contributed by atoms with Crippen LogP contribution < -0.4 is 4.74 Å². The maximum Gasteiger partial charge on any atom is 0.126 e. The fourth-order valence-corrected chi connectivity index (χ4v) is 2.42. The Labute approximate surface area is 111 Å². The lowest BCUT2D eigenvalue weighted by Gasteiger charge is -2.31. The second kappa shape index (κ2) is 4.49. The Kier molecular flexibility index (Phi) is 3.71. The highest BCUT2D eigenvalue weighted by atomic mass is 16.5. The number of methoxy groups -OCH3 is 1. The molecule has 0 radical (unpaired) electrons. The summed E-state index contributed by atoms with van der Waals surface area (Å²) < 4.78 is 5.65. The van der Waals surface area contributed by atoms with Crippen molar-refractivity contribution in [3.05, 3.63) is 22.8 Å². The molecule has 0 unspecified atom stereocenters. The highest BCUT2D eigenvalue weighted by Crippen LogP contribution is 2.44. The van der Waals surface area contributed by atoms with Crippen LogP contribution in [0.2, 0.25) is 0 Å². The van der Waals surface area contributed by atoms with Gasteiger partial charge < -0.3 is 9.84 Å².